The molecule has 1 aliphatic heterocycles. The minimum atomic E-state index is 0.125. The molecule has 2 aromatic carbocycles. The van der Waals surface area contributed by atoms with Crippen molar-refractivity contribution in [3.63, 3.8) is 0 Å². The van der Waals surface area contributed by atoms with Gasteiger partial charge in [-0.1, -0.05) is 55.5 Å². The van der Waals surface area contributed by atoms with Gasteiger partial charge in [0.1, 0.15) is 0 Å². The van der Waals surface area contributed by atoms with Gasteiger partial charge in [0.05, 0.1) is 0 Å². The van der Waals surface area contributed by atoms with E-state index in [-0.39, 0.29) is 5.92 Å². The summed E-state index contributed by atoms with van der Waals surface area (Å²) in [7, 11) is 0. The molecular weight excluding hydrogens is 290 g/mol. The topological polar surface area (TPSA) is 20.3 Å². The second-order valence-electron chi connectivity index (χ2n) is 5.88. The Bertz CT molecular complexity index is 614. The van der Waals surface area contributed by atoms with Gasteiger partial charge < -0.3 is 4.90 Å². The first-order chi connectivity index (χ1) is 10.7. The van der Waals surface area contributed by atoms with Gasteiger partial charge in [0.25, 0.3) is 0 Å². The fourth-order valence-corrected chi connectivity index (χ4v) is 4.03. The van der Waals surface area contributed by atoms with E-state index in [0.29, 0.717) is 11.8 Å². The van der Waals surface area contributed by atoms with Crippen LogP contribution >= 0.6 is 11.8 Å². The first-order valence-electron chi connectivity index (χ1n) is 7.74. The van der Waals surface area contributed by atoms with Crippen molar-refractivity contribution in [3.05, 3.63) is 66.2 Å². The van der Waals surface area contributed by atoms with E-state index in [9.17, 15) is 4.79 Å². The summed E-state index contributed by atoms with van der Waals surface area (Å²) in [5.41, 5.74) is 1.21. The van der Waals surface area contributed by atoms with Crippen molar-refractivity contribution >= 4 is 17.7 Å². The molecule has 1 aliphatic rings. The van der Waals surface area contributed by atoms with E-state index in [2.05, 4.69) is 43.3 Å². The summed E-state index contributed by atoms with van der Waals surface area (Å²) < 4.78 is 0. The summed E-state index contributed by atoms with van der Waals surface area (Å²) in [6.45, 7) is 3.68. The number of carbonyl (C=O) groups excluding carboxylic acids is 1. The molecule has 1 heterocycles. The predicted octanol–water partition coefficient (Wildman–Crippen LogP) is 4.07. The van der Waals surface area contributed by atoms with Crippen LogP contribution in [0.25, 0.3) is 0 Å². The number of nitrogens with zero attached hydrogens (tertiary/aromatic N) is 1. The number of likely N-dealkylation sites (tertiary alicyclic amines) is 1. The molecule has 3 heteroatoms. The quantitative estimate of drug-likeness (QED) is 0.776. The summed E-state index contributed by atoms with van der Waals surface area (Å²) >= 11 is 1.85. The van der Waals surface area contributed by atoms with E-state index in [1.807, 2.05) is 40.9 Å². The van der Waals surface area contributed by atoms with Crippen LogP contribution in [0, 0.1) is 11.8 Å². The van der Waals surface area contributed by atoms with E-state index in [1.54, 1.807) is 0 Å². The lowest BCUT2D eigenvalue weighted by Gasteiger charge is -2.16. The molecule has 1 fully saturated rings. The number of hydrogen-bond donors (Lipinski definition) is 0. The Hall–Kier alpha value is -1.74. The Kier molecular flexibility index (Phi) is 4.84. The first-order valence-corrected chi connectivity index (χ1v) is 8.73. The zero-order valence-electron chi connectivity index (χ0n) is 12.8. The van der Waals surface area contributed by atoms with Crippen molar-refractivity contribution in [2.24, 2.45) is 11.8 Å². The van der Waals surface area contributed by atoms with Crippen LogP contribution in [0.2, 0.25) is 0 Å². The van der Waals surface area contributed by atoms with Gasteiger partial charge in [-0.3, -0.25) is 4.79 Å². The van der Waals surface area contributed by atoms with E-state index >= 15 is 0 Å². The summed E-state index contributed by atoms with van der Waals surface area (Å²) in [4.78, 5) is 15.7. The van der Waals surface area contributed by atoms with Crippen LogP contribution in [0.5, 0.6) is 0 Å². The van der Waals surface area contributed by atoms with Crippen LogP contribution in [0.3, 0.4) is 0 Å². The molecule has 0 aliphatic carbocycles. The van der Waals surface area contributed by atoms with E-state index in [4.69, 9.17) is 0 Å². The molecular formula is C19H21NOS. The maximum atomic E-state index is 12.4. The summed E-state index contributed by atoms with van der Waals surface area (Å²) in [6.07, 6.45) is 0. The molecule has 0 spiro atoms. The molecule has 1 amide bonds. The lowest BCUT2D eigenvalue weighted by atomic mass is 10.0. The largest absolute Gasteiger partial charge is 0.338 e. The summed E-state index contributed by atoms with van der Waals surface area (Å²) in [6, 6.07) is 20.7. The molecule has 0 unspecified atom stereocenters. The first kappa shape index (κ1) is 15.2. The van der Waals surface area contributed by atoms with Crippen molar-refractivity contribution in [3.8, 4) is 0 Å². The van der Waals surface area contributed by atoms with Crippen LogP contribution in [0.15, 0.2) is 65.6 Å². The van der Waals surface area contributed by atoms with Gasteiger partial charge in [0, 0.05) is 29.7 Å². The number of amides is 1. The molecule has 2 atom stereocenters. The van der Waals surface area contributed by atoms with Crippen LogP contribution in [-0.4, -0.2) is 23.1 Å². The number of thioether (sulfide) groups is 1. The average Bonchev–Trinajstić information content (AvgIpc) is 2.83. The van der Waals surface area contributed by atoms with Crippen LogP contribution in [0.4, 0.5) is 0 Å². The lowest BCUT2D eigenvalue weighted by molar-refractivity contribution is -0.131. The van der Waals surface area contributed by atoms with Gasteiger partial charge in [0.2, 0.25) is 5.91 Å². The highest BCUT2D eigenvalue weighted by molar-refractivity contribution is 7.99. The molecule has 0 radical (unpaired) electrons. The fourth-order valence-electron chi connectivity index (χ4n) is 2.88. The van der Waals surface area contributed by atoms with Gasteiger partial charge in [-0.05, 0) is 23.6 Å². The maximum Gasteiger partial charge on any atom is 0.226 e. The van der Waals surface area contributed by atoms with Crippen LogP contribution < -0.4 is 0 Å². The SMILES string of the molecule is C[C@H]1C(=O)N(Cc2ccccc2)C[C@H]1CSc1ccccc1. The minimum Gasteiger partial charge on any atom is -0.338 e. The van der Waals surface area contributed by atoms with Gasteiger partial charge >= 0.3 is 0 Å². The van der Waals surface area contributed by atoms with Gasteiger partial charge in [0.15, 0.2) is 0 Å². The predicted molar refractivity (Wildman–Crippen MR) is 91.7 cm³/mol. The number of hydrogen-bond acceptors (Lipinski definition) is 2. The van der Waals surface area contributed by atoms with Crippen molar-refractivity contribution < 1.29 is 4.79 Å². The zero-order chi connectivity index (χ0) is 15.4. The Labute approximate surface area is 136 Å². The molecule has 3 rings (SSSR count). The average molecular weight is 311 g/mol. The molecule has 22 heavy (non-hydrogen) atoms. The Morgan fingerprint density at radius 1 is 1.05 bits per heavy atom. The standard InChI is InChI=1S/C19H21NOS/c1-15-17(14-22-18-10-6-3-7-11-18)13-20(19(15)21)12-16-8-4-2-5-9-16/h2-11,15,17H,12-14H2,1H3/t15-,17+/m1/s1. The zero-order valence-corrected chi connectivity index (χ0v) is 13.6. The fraction of sp³-hybridized carbons (Fsp3) is 0.316. The van der Waals surface area contributed by atoms with Crippen molar-refractivity contribution in [2.45, 2.75) is 18.4 Å². The molecule has 0 aromatic heterocycles. The van der Waals surface area contributed by atoms with E-state index < -0.39 is 0 Å². The highest BCUT2D eigenvalue weighted by Crippen LogP contribution is 2.31. The van der Waals surface area contributed by atoms with Gasteiger partial charge in [-0.25, -0.2) is 0 Å². The molecule has 0 N–H and O–H groups in total. The Morgan fingerprint density at radius 3 is 2.36 bits per heavy atom. The highest BCUT2D eigenvalue weighted by atomic mass is 32.2. The highest BCUT2D eigenvalue weighted by Gasteiger charge is 2.36. The van der Waals surface area contributed by atoms with E-state index in [0.717, 1.165) is 18.8 Å². The second kappa shape index (κ2) is 7.01. The lowest BCUT2D eigenvalue weighted by Crippen LogP contribution is -2.26. The molecule has 2 aromatic rings. The monoisotopic (exact) mass is 311 g/mol. The van der Waals surface area contributed by atoms with Crippen molar-refractivity contribution in [2.75, 3.05) is 12.3 Å². The third kappa shape index (κ3) is 3.53. The van der Waals surface area contributed by atoms with Gasteiger partial charge in [-0.15, -0.1) is 11.8 Å². The smallest absolute Gasteiger partial charge is 0.226 e. The minimum absolute atomic E-state index is 0.125. The van der Waals surface area contributed by atoms with Crippen LogP contribution in [0.1, 0.15) is 12.5 Å². The number of rotatable bonds is 5. The second-order valence-corrected chi connectivity index (χ2v) is 6.97. The maximum absolute atomic E-state index is 12.4. The van der Waals surface area contributed by atoms with Crippen molar-refractivity contribution in [1.82, 2.24) is 4.90 Å². The summed E-state index contributed by atoms with van der Waals surface area (Å²) in [5.74, 6) is 1.85. The Balaban J connectivity index is 1.59. The molecule has 2 nitrogen and oxygen atoms in total. The molecule has 0 saturated carbocycles. The van der Waals surface area contributed by atoms with E-state index in [1.165, 1.54) is 10.5 Å². The van der Waals surface area contributed by atoms with Crippen molar-refractivity contribution in [1.29, 1.82) is 0 Å². The number of benzene rings is 2. The molecule has 0 bridgehead atoms. The Morgan fingerprint density at radius 2 is 1.68 bits per heavy atom. The molecule has 1 saturated heterocycles. The third-order valence-corrected chi connectivity index (χ3v) is 5.49. The van der Waals surface area contributed by atoms with Crippen LogP contribution in [-0.2, 0) is 11.3 Å². The third-order valence-electron chi connectivity index (χ3n) is 4.29. The summed E-state index contributed by atoms with van der Waals surface area (Å²) in [5, 5.41) is 0. The van der Waals surface area contributed by atoms with Gasteiger partial charge in [-0.2, -0.15) is 0 Å². The normalized spacial score (nSPS) is 21.3. The molecule has 114 valence electrons. The number of carbonyl (C=O) groups is 1.